The van der Waals surface area contributed by atoms with Crippen molar-refractivity contribution in [1.29, 1.82) is 0 Å². The molecule has 2 bridgehead atoms. The van der Waals surface area contributed by atoms with Gasteiger partial charge in [-0.25, -0.2) is 0 Å². The largest absolute Gasteiger partial charge is 0.458 e. The molecule has 76 valence electrons. The van der Waals surface area contributed by atoms with E-state index in [1.807, 2.05) is 0 Å². The van der Waals surface area contributed by atoms with Gasteiger partial charge in [0.25, 0.3) is 0 Å². The highest BCUT2D eigenvalue weighted by Gasteiger charge is 2.54. The second kappa shape index (κ2) is 2.62. The molecule has 2 nitrogen and oxygen atoms in total. The molecule has 2 aliphatic carbocycles. The number of esters is 1. The highest BCUT2D eigenvalue weighted by molar-refractivity contribution is 5.75. The van der Waals surface area contributed by atoms with Gasteiger partial charge in [-0.2, -0.15) is 0 Å². The molecule has 0 N–H and O–H groups in total. The Morgan fingerprint density at radius 2 is 2.36 bits per heavy atom. The summed E-state index contributed by atoms with van der Waals surface area (Å²) >= 11 is 0. The summed E-state index contributed by atoms with van der Waals surface area (Å²) in [4.78, 5) is 11.7. The zero-order valence-corrected chi connectivity index (χ0v) is 8.42. The molecule has 1 spiro atoms. The number of rotatable bonds is 0. The SMILES string of the molecule is C=C1C[C@H]2C[C@@H]3CCC[C@]3(C1)OC2=O. The number of carbonyl (C=O) groups is 1. The quantitative estimate of drug-likeness (QED) is 0.435. The van der Waals surface area contributed by atoms with Gasteiger partial charge in [0.15, 0.2) is 0 Å². The Morgan fingerprint density at radius 1 is 1.50 bits per heavy atom. The first-order chi connectivity index (χ1) is 6.70. The van der Waals surface area contributed by atoms with Gasteiger partial charge in [-0.3, -0.25) is 4.79 Å². The van der Waals surface area contributed by atoms with Crippen molar-refractivity contribution >= 4 is 5.97 Å². The van der Waals surface area contributed by atoms with Gasteiger partial charge in [-0.05, 0) is 38.0 Å². The molecule has 4 fully saturated rings. The second-order valence-corrected chi connectivity index (χ2v) is 5.14. The minimum absolute atomic E-state index is 0.0433. The Bertz CT molecular complexity index is 303. The van der Waals surface area contributed by atoms with E-state index in [0.29, 0.717) is 5.92 Å². The van der Waals surface area contributed by atoms with Crippen LogP contribution in [0, 0.1) is 11.8 Å². The van der Waals surface area contributed by atoms with Crippen LogP contribution in [0.2, 0.25) is 0 Å². The summed E-state index contributed by atoms with van der Waals surface area (Å²) in [6, 6.07) is 0. The van der Waals surface area contributed by atoms with Crippen LogP contribution in [0.4, 0.5) is 0 Å². The van der Waals surface area contributed by atoms with Crippen molar-refractivity contribution in [2.75, 3.05) is 0 Å². The molecule has 3 atom stereocenters. The normalized spacial score (nSPS) is 46.0. The number of hydrogen-bond donors (Lipinski definition) is 0. The molecule has 0 unspecified atom stereocenters. The van der Waals surface area contributed by atoms with E-state index in [1.165, 1.54) is 18.4 Å². The van der Waals surface area contributed by atoms with Gasteiger partial charge in [0.05, 0.1) is 5.92 Å². The zero-order chi connectivity index (χ0) is 9.76. The van der Waals surface area contributed by atoms with Crippen LogP contribution >= 0.6 is 0 Å². The van der Waals surface area contributed by atoms with Crippen LogP contribution in [0.5, 0.6) is 0 Å². The van der Waals surface area contributed by atoms with Crippen LogP contribution in [0.1, 0.15) is 38.5 Å². The summed E-state index contributed by atoms with van der Waals surface area (Å²) in [7, 11) is 0. The molecule has 0 aromatic rings. The van der Waals surface area contributed by atoms with Crippen LogP contribution in [0.3, 0.4) is 0 Å². The van der Waals surface area contributed by atoms with E-state index in [1.54, 1.807) is 0 Å². The van der Waals surface area contributed by atoms with Gasteiger partial charge in [-0.1, -0.05) is 12.2 Å². The minimum Gasteiger partial charge on any atom is -0.458 e. The predicted octanol–water partition coefficient (Wildman–Crippen LogP) is 2.44. The van der Waals surface area contributed by atoms with Crippen molar-refractivity contribution in [3.63, 3.8) is 0 Å². The third kappa shape index (κ3) is 0.999. The maximum atomic E-state index is 11.7. The average molecular weight is 192 g/mol. The minimum atomic E-state index is -0.124. The van der Waals surface area contributed by atoms with E-state index in [0.717, 1.165) is 25.7 Å². The molecular weight excluding hydrogens is 176 g/mol. The highest BCUT2D eigenvalue weighted by Crippen LogP contribution is 2.53. The van der Waals surface area contributed by atoms with E-state index in [-0.39, 0.29) is 17.5 Å². The Labute approximate surface area is 84.3 Å². The van der Waals surface area contributed by atoms with Crippen LogP contribution in [0.15, 0.2) is 12.2 Å². The van der Waals surface area contributed by atoms with E-state index in [2.05, 4.69) is 6.58 Å². The molecule has 0 amide bonds. The van der Waals surface area contributed by atoms with Gasteiger partial charge < -0.3 is 4.74 Å². The summed E-state index contributed by atoms with van der Waals surface area (Å²) < 4.78 is 5.69. The summed E-state index contributed by atoms with van der Waals surface area (Å²) in [5, 5.41) is 0. The molecule has 2 saturated carbocycles. The summed E-state index contributed by atoms with van der Waals surface area (Å²) in [5.74, 6) is 0.799. The molecule has 14 heavy (non-hydrogen) atoms. The van der Waals surface area contributed by atoms with Crippen LogP contribution in [-0.4, -0.2) is 11.6 Å². The van der Waals surface area contributed by atoms with Crippen molar-refractivity contribution in [3.05, 3.63) is 12.2 Å². The third-order valence-corrected chi connectivity index (χ3v) is 4.19. The van der Waals surface area contributed by atoms with Crippen molar-refractivity contribution in [1.82, 2.24) is 0 Å². The molecule has 2 heterocycles. The highest BCUT2D eigenvalue weighted by atomic mass is 16.6. The maximum absolute atomic E-state index is 11.7. The molecule has 2 heteroatoms. The lowest BCUT2D eigenvalue weighted by Crippen LogP contribution is -2.43. The van der Waals surface area contributed by atoms with Gasteiger partial charge in [0, 0.05) is 6.42 Å². The Balaban J connectivity index is 2.03. The first-order valence-corrected chi connectivity index (χ1v) is 5.59. The first-order valence-electron chi connectivity index (χ1n) is 5.59. The monoisotopic (exact) mass is 192 g/mol. The molecule has 2 saturated heterocycles. The lowest BCUT2D eigenvalue weighted by atomic mass is 9.82. The smallest absolute Gasteiger partial charge is 0.309 e. The van der Waals surface area contributed by atoms with Crippen molar-refractivity contribution in [2.45, 2.75) is 44.1 Å². The Kier molecular flexibility index (Phi) is 1.59. The topological polar surface area (TPSA) is 26.3 Å². The average Bonchev–Trinajstić information content (AvgIpc) is 2.37. The zero-order valence-electron chi connectivity index (χ0n) is 8.42. The Morgan fingerprint density at radius 3 is 3.21 bits per heavy atom. The van der Waals surface area contributed by atoms with Gasteiger partial charge in [-0.15, -0.1) is 0 Å². The molecule has 0 aromatic heterocycles. The van der Waals surface area contributed by atoms with Crippen LogP contribution in [-0.2, 0) is 9.53 Å². The first kappa shape index (κ1) is 8.51. The molecular formula is C12H16O2. The lowest BCUT2D eigenvalue weighted by molar-refractivity contribution is -0.177. The van der Waals surface area contributed by atoms with Gasteiger partial charge in [0.2, 0.25) is 0 Å². The predicted molar refractivity (Wildman–Crippen MR) is 52.6 cm³/mol. The van der Waals surface area contributed by atoms with E-state index >= 15 is 0 Å². The summed E-state index contributed by atoms with van der Waals surface area (Å²) in [6.45, 7) is 4.07. The Hall–Kier alpha value is -0.790. The fourth-order valence-corrected chi connectivity index (χ4v) is 3.58. The van der Waals surface area contributed by atoms with Crippen LogP contribution in [0.25, 0.3) is 0 Å². The maximum Gasteiger partial charge on any atom is 0.309 e. The standard InChI is InChI=1S/C12H16O2/c1-8-5-9-6-10-3-2-4-12(10,7-8)14-11(9)13/h9-10H,1-7H2/t9-,10-,12+/m0/s1. The fourth-order valence-electron chi connectivity index (χ4n) is 3.58. The summed E-state index contributed by atoms with van der Waals surface area (Å²) in [5.41, 5.74) is 1.10. The molecule has 4 rings (SSSR count). The van der Waals surface area contributed by atoms with Crippen molar-refractivity contribution < 1.29 is 9.53 Å². The molecule has 0 radical (unpaired) electrons. The van der Waals surface area contributed by atoms with Crippen molar-refractivity contribution in [3.8, 4) is 0 Å². The van der Waals surface area contributed by atoms with Crippen molar-refractivity contribution in [2.24, 2.45) is 11.8 Å². The molecule has 2 aliphatic heterocycles. The number of ether oxygens (including phenoxy) is 1. The number of hydrogen-bond acceptors (Lipinski definition) is 2. The third-order valence-electron chi connectivity index (χ3n) is 4.19. The van der Waals surface area contributed by atoms with E-state index in [4.69, 9.17) is 4.74 Å². The summed E-state index contributed by atoms with van der Waals surface area (Å²) in [6.07, 6.45) is 6.39. The van der Waals surface area contributed by atoms with Gasteiger partial charge in [0.1, 0.15) is 5.60 Å². The van der Waals surface area contributed by atoms with Crippen LogP contribution < -0.4 is 0 Å². The van der Waals surface area contributed by atoms with E-state index < -0.39 is 0 Å². The molecule has 4 aliphatic rings. The number of fused-ring (bicyclic) bond motifs is 3. The van der Waals surface area contributed by atoms with Gasteiger partial charge >= 0.3 is 5.97 Å². The number of carbonyl (C=O) groups excluding carboxylic acids is 1. The van der Waals surface area contributed by atoms with E-state index in [9.17, 15) is 4.79 Å². The fraction of sp³-hybridized carbons (Fsp3) is 0.750. The lowest BCUT2D eigenvalue weighted by Gasteiger charge is -2.38. The molecule has 0 aromatic carbocycles. The second-order valence-electron chi connectivity index (χ2n) is 5.14.